The van der Waals surface area contributed by atoms with Crippen LogP contribution in [0.1, 0.15) is 12.6 Å². The second kappa shape index (κ2) is 5.46. The summed E-state index contributed by atoms with van der Waals surface area (Å²) in [5, 5.41) is 0. The van der Waals surface area contributed by atoms with Crippen LogP contribution in [0.15, 0.2) is 18.3 Å². The Morgan fingerprint density at radius 3 is 2.14 bits per heavy atom. The third-order valence-corrected chi connectivity index (χ3v) is 1.38. The topological polar surface area (TPSA) is 29.8 Å². The molecule has 0 aliphatic carbocycles. The van der Waals surface area contributed by atoms with Crippen molar-refractivity contribution >= 4 is 13.0 Å². The van der Waals surface area contributed by atoms with E-state index >= 15 is 0 Å². The standard InChI is InChI=1S/C7H10N2.BF4/c1-6(8-2)7-4-3-5-9-7;2-1(3,4)5/h3-5,9H,1-2H3;/q;-1/p+1. The second-order valence-electron chi connectivity index (χ2n) is 2.45. The first kappa shape index (κ1) is 12.7. The maximum Gasteiger partial charge on any atom is 0.673 e. The van der Waals surface area contributed by atoms with E-state index in [1.165, 1.54) is 5.71 Å². The molecule has 1 heterocycles. The quantitative estimate of drug-likeness (QED) is 0.390. The predicted molar refractivity (Wildman–Crippen MR) is 47.6 cm³/mol. The van der Waals surface area contributed by atoms with Crippen molar-refractivity contribution in [3.63, 3.8) is 0 Å². The molecule has 0 aromatic carbocycles. The minimum absolute atomic E-state index is 1.15. The maximum absolute atomic E-state index is 9.75. The Hall–Kier alpha value is -1.27. The number of hydrogen-bond acceptors (Lipinski definition) is 0. The molecule has 2 nitrogen and oxygen atoms in total. The minimum Gasteiger partial charge on any atom is -0.418 e. The first-order valence-electron chi connectivity index (χ1n) is 3.87. The van der Waals surface area contributed by atoms with Crippen LogP contribution in [0.2, 0.25) is 0 Å². The van der Waals surface area contributed by atoms with E-state index in [-0.39, 0.29) is 0 Å². The Bertz CT molecular complexity index is 272. The summed E-state index contributed by atoms with van der Waals surface area (Å²) < 4.78 is 39.0. The third-order valence-electron chi connectivity index (χ3n) is 1.38. The van der Waals surface area contributed by atoms with Gasteiger partial charge >= 0.3 is 7.25 Å². The van der Waals surface area contributed by atoms with Gasteiger partial charge in [0.2, 0.25) is 0 Å². The Balaban J connectivity index is 0.000000292. The van der Waals surface area contributed by atoms with Gasteiger partial charge in [0.05, 0.1) is 0 Å². The molecule has 0 atom stereocenters. The van der Waals surface area contributed by atoms with Crippen LogP contribution in [0.5, 0.6) is 0 Å². The fourth-order valence-corrected chi connectivity index (χ4v) is 0.698. The van der Waals surface area contributed by atoms with Crippen molar-refractivity contribution in [2.45, 2.75) is 6.92 Å². The highest BCUT2D eigenvalue weighted by Gasteiger charge is 2.20. The van der Waals surface area contributed by atoms with E-state index in [1.54, 1.807) is 0 Å². The van der Waals surface area contributed by atoms with E-state index in [4.69, 9.17) is 0 Å². The molecule has 0 saturated carbocycles. The molecule has 0 saturated heterocycles. The molecular weight excluding hydrogens is 199 g/mol. The van der Waals surface area contributed by atoms with Crippen LogP contribution in [0.3, 0.4) is 0 Å². The number of halogens is 4. The van der Waals surface area contributed by atoms with Gasteiger partial charge in [0.25, 0.3) is 0 Å². The Labute approximate surface area is 79.2 Å². The summed E-state index contributed by atoms with van der Waals surface area (Å²) in [5.74, 6) is 0. The number of nitrogens with one attached hydrogen (secondary N) is 2. The lowest BCUT2D eigenvalue weighted by Gasteiger charge is -1.94. The first-order chi connectivity index (χ1) is 6.34. The number of rotatable bonds is 1. The van der Waals surface area contributed by atoms with Crippen molar-refractivity contribution in [1.82, 2.24) is 4.98 Å². The van der Waals surface area contributed by atoms with Crippen molar-refractivity contribution in [3.8, 4) is 0 Å². The van der Waals surface area contributed by atoms with Gasteiger partial charge in [-0.15, -0.1) is 0 Å². The molecule has 0 fully saturated rings. The van der Waals surface area contributed by atoms with Gasteiger partial charge in [-0.25, -0.2) is 4.99 Å². The molecule has 14 heavy (non-hydrogen) atoms. The van der Waals surface area contributed by atoms with Gasteiger partial charge in [-0.3, -0.25) is 0 Å². The maximum atomic E-state index is 9.75. The first-order valence-corrected chi connectivity index (χ1v) is 3.87. The third kappa shape index (κ3) is 7.39. The van der Waals surface area contributed by atoms with Crippen LogP contribution in [0.25, 0.3) is 0 Å². The highest BCUT2D eigenvalue weighted by molar-refractivity contribution is 6.50. The molecule has 1 aromatic rings. The van der Waals surface area contributed by atoms with Crippen LogP contribution >= 0.6 is 0 Å². The molecule has 1 rings (SSSR count). The van der Waals surface area contributed by atoms with E-state index in [1.807, 2.05) is 32.3 Å². The van der Waals surface area contributed by atoms with Gasteiger partial charge in [0.1, 0.15) is 12.7 Å². The smallest absolute Gasteiger partial charge is 0.418 e. The summed E-state index contributed by atoms with van der Waals surface area (Å²) in [7, 11) is -4.09. The highest BCUT2D eigenvalue weighted by Crippen LogP contribution is 2.06. The predicted octanol–water partition coefficient (Wildman–Crippen LogP) is 0.834. The Kier molecular flexibility index (Phi) is 4.97. The Morgan fingerprint density at radius 1 is 1.36 bits per heavy atom. The Morgan fingerprint density at radius 2 is 1.86 bits per heavy atom. The van der Waals surface area contributed by atoms with Gasteiger partial charge in [-0.2, -0.15) is 0 Å². The number of H-pyrrole nitrogens is 1. The molecule has 0 amide bonds. The van der Waals surface area contributed by atoms with Crippen molar-refractivity contribution in [2.24, 2.45) is 0 Å². The van der Waals surface area contributed by atoms with Crippen molar-refractivity contribution in [2.75, 3.05) is 7.05 Å². The lowest BCUT2D eigenvalue weighted by molar-refractivity contribution is -0.419. The van der Waals surface area contributed by atoms with E-state index in [0.29, 0.717) is 0 Å². The molecule has 0 unspecified atom stereocenters. The molecule has 80 valence electrons. The molecular formula is C7H11BF4N2. The number of hydrogen-bond donors (Lipinski definition) is 2. The zero-order valence-electron chi connectivity index (χ0n) is 7.82. The summed E-state index contributed by atoms with van der Waals surface area (Å²) in [5.41, 5.74) is 2.32. The SMILES string of the molecule is C[NH+]=C(C)c1ccc[nH]1.F[B-](F)(F)F. The second-order valence-corrected chi connectivity index (χ2v) is 2.45. The average molecular weight is 210 g/mol. The van der Waals surface area contributed by atoms with Crippen LogP contribution in [-0.2, 0) is 0 Å². The fraction of sp³-hybridized carbons (Fsp3) is 0.286. The number of aromatic nitrogens is 1. The lowest BCUT2D eigenvalue weighted by Crippen LogP contribution is -2.67. The zero-order chi connectivity index (χ0) is 11.2. The van der Waals surface area contributed by atoms with Crippen molar-refractivity contribution < 1.29 is 22.3 Å². The van der Waals surface area contributed by atoms with Gasteiger partial charge in [-0.05, 0) is 12.1 Å². The largest absolute Gasteiger partial charge is 0.673 e. The van der Waals surface area contributed by atoms with Crippen LogP contribution in [0, 0.1) is 0 Å². The van der Waals surface area contributed by atoms with Gasteiger partial charge in [-0.1, -0.05) is 0 Å². The molecule has 7 heteroatoms. The summed E-state index contributed by atoms with van der Waals surface area (Å²) in [6.45, 7) is 2.03. The van der Waals surface area contributed by atoms with E-state index in [2.05, 4.69) is 9.98 Å². The fourth-order valence-electron chi connectivity index (χ4n) is 0.698. The van der Waals surface area contributed by atoms with Crippen LogP contribution in [-0.4, -0.2) is 25.0 Å². The molecule has 0 radical (unpaired) electrons. The molecule has 0 aliphatic rings. The molecule has 1 aromatic heterocycles. The number of aromatic amines is 1. The van der Waals surface area contributed by atoms with Gasteiger partial charge in [0.15, 0.2) is 5.71 Å². The van der Waals surface area contributed by atoms with E-state index in [9.17, 15) is 17.3 Å². The summed E-state index contributed by atoms with van der Waals surface area (Å²) in [6.07, 6.45) is 1.91. The molecule has 0 spiro atoms. The molecule has 2 N–H and O–H groups in total. The monoisotopic (exact) mass is 210 g/mol. The zero-order valence-corrected chi connectivity index (χ0v) is 7.82. The minimum atomic E-state index is -6.00. The summed E-state index contributed by atoms with van der Waals surface area (Å²) >= 11 is 0. The average Bonchev–Trinajstić information content (AvgIpc) is 2.51. The van der Waals surface area contributed by atoms with Gasteiger partial charge in [0, 0.05) is 13.1 Å². The van der Waals surface area contributed by atoms with Crippen LogP contribution in [0.4, 0.5) is 17.3 Å². The highest BCUT2D eigenvalue weighted by atomic mass is 19.5. The van der Waals surface area contributed by atoms with E-state index in [0.717, 1.165) is 5.69 Å². The van der Waals surface area contributed by atoms with E-state index < -0.39 is 7.25 Å². The van der Waals surface area contributed by atoms with Crippen molar-refractivity contribution in [1.29, 1.82) is 0 Å². The molecule has 0 aliphatic heterocycles. The molecule has 0 bridgehead atoms. The normalized spacial score (nSPS) is 12.0. The summed E-state index contributed by atoms with van der Waals surface area (Å²) in [4.78, 5) is 6.14. The summed E-state index contributed by atoms with van der Waals surface area (Å²) in [6, 6.07) is 4.02. The van der Waals surface area contributed by atoms with Crippen molar-refractivity contribution in [3.05, 3.63) is 24.0 Å². The van der Waals surface area contributed by atoms with Crippen LogP contribution < -0.4 is 4.99 Å². The lowest BCUT2D eigenvalue weighted by atomic mass is 10.3. The van der Waals surface area contributed by atoms with Gasteiger partial charge < -0.3 is 22.2 Å².